The van der Waals surface area contributed by atoms with Gasteiger partial charge in [0.1, 0.15) is 18.0 Å². The van der Waals surface area contributed by atoms with Crippen molar-refractivity contribution < 1.29 is 40.7 Å². The number of aromatic nitrogens is 1. The molecule has 10 nitrogen and oxygen atoms in total. The van der Waals surface area contributed by atoms with E-state index in [9.17, 15) is 36.0 Å². The van der Waals surface area contributed by atoms with Crippen molar-refractivity contribution in [3.63, 3.8) is 0 Å². The number of benzene rings is 2. The molecule has 0 N–H and O–H groups in total. The summed E-state index contributed by atoms with van der Waals surface area (Å²) in [6, 6.07) is 12.4. The van der Waals surface area contributed by atoms with Gasteiger partial charge in [-0.3, -0.25) is 14.6 Å². The molecule has 0 spiro atoms. The summed E-state index contributed by atoms with van der Waals surface area (Å²) in [6.07, 6.45) is 1.39. The predicted octanol–water partition coefficient (Wildman–Crippen LogP) is 3.63. The highest BCUT2D eigenvalue weighted by molar-refractivity contribution is 7.92. The van der Waals surface area contributed by atoms with Crippen LogP contribution in [-0.2, 0) is 21.2 Å². The minimum Gasteiger partial charge on any atom is -0.497 e. The molecule has 1 aromatic heterocycles. The molecule has 0 saturated carbocycles. The molecule has 4 rings (SSSR count). The Morgan fingerprint density at radius 1 is 1.05 bits per heavy atom. The quantitative estimate of drug-likeness (QED) is 0.404. The molecule has 39 heavy (non-hydrogen) atoms. The van der Waals surface area contributed by atoms with E-state index in [4.69, 9.17) is 4.74 Å². The highest BCUT2D eigenvalue weighted by atomic mass is 32.2. The largest absolute Gasteiger partial charge is 0.501 e. The summed E-state index contributed by atoms with van der Waals surface area (Å²) in [5.41, 5.74) is -4.37. The normalized spacial score (nSPS) is 14.1. The molecule has 0 bridgehead atoms. The number of anilines is 2. The van der Waals surface area contributed by atoms with E-state index < -0.39 is 38.1 Å². The van der Waals surface area contributed by atoms with Gasteiger partial charge in [0.15, 0.2) is 0 Å². The standard InChI is InChI=1S/C25H21F3N4O6S/c1-30(17-3-7-19(38-2)8-4-17)23(34)21-13-16(11-12-29-21)14-31-15-22(33)32(24(31)35)18-5-9-20(10-6-18)39(36,37)25(26,27)28/h3-13H,14-15H2,1-2H3. The van der Waals surface area contributed by atoms with Crippen molar-refractivity contribution in [3.8, 4) is 5.75 Å². The number of imide groups is 1. The number of hydrogen-bond donors (Lipinski definition) is 0. The Morgan fingerprint density at radius 2 is 1.69 bits per heavy atom. The van der Waals surface area contributed by atoms with Crippen LogP contribution in [0.1, 0.15) is 16.1 Å². The second kappa shape index (κ2) is 10.4. The first-order valence-electron chi connectivity index (χ1n) is 11.2. The van der Waals surface area contributed by atoms with Crippen LogP contribution in [0.15, 0.2) is 71.8 Å². The van der Waals surface area contributed by atoms with Crippen LogP contribution in [0.25, 0.3) is 0 Å². The number of methoxy groups -OCH3 is 1. The third-order valence-corrected chi connectivity index (χ3v) is 7.43. The number of hydrogen-bond acceptors (Lipinski definition) is 7. The molecule has 1 fully saturated rings. The Kier molecular flexibility index (Phi) is 7.33. The summed E-state index contributed by atoms with van der Waals surface area (Å²) in [5.74, 6) is -0.446. The van der Waals surface area contributed by atoms with Gasteiger partial charge in [0.25, 0.3) is 21.7 Å². The molecule has 1 aliphatic heterocycles. The maximum absolute atomic E-state index is 13.0. The fraction of sp³-hybridized carbons (Fsp3) is 0.200. The lowest BCUT2D eigenvalue weighted by Gasteiger charge is -2.19. The molecule has 1 aliphatic rings. The maximum Gasteiger partial charge on any atom is 0.501 e. The number of alkyl halides is 3. The van der Waals surface area contributed by atoms with Gasteiger partial charge in [-0.2, -0.15) is 13.2 Å². The second-order valence-electron chi connectivity index (χ2n) is 8.42. The van der Waals surface area contributed by atoms with Crippen molar-refractivity contribution in [1.82, 2.24) is 9.88 Å². The third-order valence-electron chi connectivity index (χ3n) is 5.93. The van der Waals surface area contributed by atoms with Crippen molar-refractivity contribution >= 4 is 39.1 Å². The highest BCUT2D eigenvalue weighted by Crippen LogP contribution is 2.32. The summed E-state index contributed by atoms with van der Waals surface area (Å²) in [6.45, 7) is -0.393. The van der Waals surface area contributed by atoms with Gasteiger partial charge in [-0.25, -0.2) is 18.1 Å². The van der Waals surface area contributed by atoms with Gasteiger partial charge in [0, 0.05) is 25.5 Å². The molecule has 204 valence electrons. The molecule has 2 heterocycles. The van der Waals surface area contributed by atoms with Crippen molar-refractivity contribution in [2.75, 3.05) is 30.5 Å². The van der Waals surface area contributed by atoms with Crippen LogP contribution in [0.4, 0.5) is 29.3 Å². The van der Waals surface area contributed by atoms with Crippen molar-refractivity contribution in [2.24, 2.45) is 0 Å². The Bertz CT molecular complexity index is 1530. The van der Waals surface area contributed by atoms with Gasteiger partial charge in [-0.05, 0) is 66.2 Å². The van der Waals surface area contributed by atoms with Crippen LogP contribution in [0.3, 0.4) is 0 Å². The number of urea groups is 1. The number of ether oxygens (including phenoxy) is 1. The number of halogens is 3. The highest BCUT2D eigenvalue weighted by Gasteiger charge is 2.47. The van der Waals surface area contributed by atoms with Crippen LogP contribution in [0.5, 0.6) is 5.75 Å². The number of amides is 4. The Hall–Kier alpha value is -4.46. The third kappa shape index (κ3) is 5.41. The molecule has 0 radical (unpaired) electrons. The number of nitrogens with zero attached hydrogens (tertiary/aromatic N) is 4. The topological polar surface area (TPSA) is 117 Å². The molecular formula is C25H21F3N4O6S. The van der Waals surface area contributed by atoms with Crippen LogP contribution in [-0.4, -0.2) is 62.4 Å². The van der Waals surface area contributed by atoms with Crippen LogP contribution >= 0.6 is 0 Å². The Morgan fingerprint density at radius 3 is 2.28 bits per heavy atom. The first kappa shape index (κ1) is 27.6. The van der Waals surface area contributed by atoms with Crippen LogP contribution in [0, 0.1) is 0 Å². The average molecular weight is 563 g/mol. The molecule has 14 heteroatoms. The zero-order valence-electron chi connectivity index (χ0n) is 20.5. The van der Waals surface area contributed by atoms with E-state index in [1.807, 2.05) is 0 Å². The number of carbonyl (C=O) groups excluding carboxylic acids is 3. The van der Waals surface area contributed by atoms with Crippen LogP contribution in [0.2, 0.25) is 0 Å². The minimum absolute atomic E-state index is 0.0589. The lowest BCUT2D eigenvalue weighted by molar-refractivity contribution is -0.116. The molecule has 3 aromatic rings. The second-order valence-corrected chi connectivity index (χ2v) is 10.4. The van der Waals surface area contributed by atoms with Gasteiger partial charge >= 0.3 is 11.5 Å². The van der Waals surface area contributed by atoms with E-state index >= 15 is 0 Å². The summed E-state index contributed by atoms with van der Waals surface area (Å²) in [5, 5.41) is 0. The molecule has 1 saturated heterocycles. The summed E-state index contributed by atoms with van der Waals surface area (Å²) in [4.78, 5) is 44.9. The van der Waals surface area contributed by atoms with Gasteiger partial charge in [-0.1, -0.05) is 0 Å². The van der Waals surface area contributed by atoms with E-state index in [0.29, 0.717) is 29.1 Å². The molecular weight excluding hydrogens is 541 g/mol. The van der Waals surface area contributed by atoms with E-state index in [1.165, 1.54) is 29.2 Å². The first-order chi connectivity index (χ1) is 18.3. The molecule has 0 aliphatic carbocycles. The lowest BCUT2D eigenvalue weighted by Crippen LogP contribution is -2.33. The fourth-order valence-corrected chi connectivity index (χ4v) is 4.60. The van der Waals surface area contributed by atoms with Crippen molar-refractivity contribution in [2.45, 2.75) is 16.9 Å². The maximum atomic E-state index is 13.0. The Balaban J connectivity index is 1.48. The molecule has 0 unspecified atom stereocenters. The molecule has 4 amide bonds. The van der Waals surface area contributed by atoms with Crippen LogP contribution < -0.4 is 14.5 Å². The molecule has 2 aromatic carbocycles. The van der Waals surface area contributed by atoms with Gasteiger partial charge in [-0.15, -0.1) is 0 Å². The summed E-state index contributed by atoms with van der Waals surface area (Å²) < 4.78 is 66.6. The smallest absolute Gasteiger partial charge is 0.497 e. The predicted molar refractivity (Wildman–Crippen MR) is 133 cm³/mol. The molecule has 0 atom stereocenters. The van der Waals surface area contributed by atoms with E-state index in [1.54, 1.807) is 37.4 Å². The van der Waals surface area contributed by atoms with Gasteiger partial charge < -0.3 is 14.5 Å². The summed E-state index contributed by atoms with van der Waals surface area (Å²) in [7, 11) is -2.48. The first-order valence-corrected chi connectivity index (χ1v) is 12.7. The van der Waals surface area contributed by atoms with Crippen molar-refractivity contribution in [1.29, 1.82) is 0 Å². The zero-order chi connectivity index (χ0) is 28.5. The monoisotopic (exact) mass is 562 g/mol. The zero-order valence-corrected chi connectivity index (χ0v) is 21.4. The van der Waals surface area contributed by atoms with Gasteiger partial charge in [0.2, 0.25) is 0 Å². The average Bonchev–Trinajstić information content (AvgIpc) is 3.19. The van der Waals surface area contributed by atoms with E-state index in [2.05, 4.69) is 4.98 Å². The number of sulfone groups is 1. The number of carbonyl (C=O) groups is 3. The van der Waals surface area contributed by atoms with Crippen molar-refractivity contribution in [3.05, 3.63) is 78.1 Å². The Labute approximate surface area is 221 Å². The minimum atomic E-state index is -5.57. The summed E-state index contributed by atoms with van der Waals surface area (Å²) >= 11 is 0. The lowest BCUT2D eigenvalue weighted by atomic mass is 10.2. The SMILES string of the molecule is COc1ccc(N(C)C(=O)c2cc(CN3CC(=O)N(c4ccc(S(=O)(=O)C(F)(F)F)cc4)C3=O)ccn2)cc1. The number of pyridine rings is 1. The number of rotatable bonds is 7. The fourth-order valence-electron chi connectivity index (χ4n) is 3.84. The van der Waals surface area contributed by atoms with E-state index in [0.717, 1.165) is 17.0 Å². The van der Waals surface area contributed by atoms with E-state index in [-0.39, 0.29) is 24.5 Å². The van der Waals surface area contributed by atoms with Gasteiger partial charge in [0.05, 0.1) is 17.7 Å².